The predicted molar refractivity (Wildman–Crippen MR) is 121 cm³/mol. The van der Waals surface area contributed by atoms with E-state index < -0.39 is 12.0 Å². The van der Waals surface area contributed by atoms with Crippen LogP contribution in [0.15, 0.2) is 42.5 Å². The second kappa shape index (κ2) is 11.7. The minimum absolute atomic E-state index is 0. The largest absolute Gasteiger partial charge is 0.490 e. The average Bonchev–Trinajstić information content (AvgIpc) is 2.71. The van der Waals surface area contributed by atoms with E-state index in [4.69, 9.17) is 20.6 Å². The van der Waals surface area contributed by atoms with Gasteiger partial charge in [0.1, 0.15) is 5.84 Å². The van der Waals surface area contributed by atoms with E-state index in [-0.39, 0.29) is 30.8 Å². The van der Waals surface area contributed by atoms with Gasteiger partial charge in [0, 0.05) is 25.3 Å². The van der Waals surface area contributed by atoms with Crippen LogP contribution in [0.3, 0.4) is 0 Å². The number of halogens is 1. The molecule has 2 aromatic carbocycles. The zero-order valence-electron chi connectivity index (χ0n) is 17.5. The first-order valence-corrected chi connectivity index (χ1v) is 9.26. The van der Waals surface area contributed by atoms with Crippen LogP contribution in [-0.4, -0.2) is 55.0 Å². The van der Waals surface area contributed by atoms with Crippen molar-refractivity contribution in [1.82, 2.24) is 4.90 Å². The summed E-state index contributed by atoms with van der Waals surface area (Å²) in [7, 11) is 3.26. The van der Waals surface area contributed by atoms with Crippen molar-refractivity contribution in [3.8, 4) is 11.5 Å². The summed E-state index contributed by atoms with van der Waals surface area (Å²) in [6.45, 7) is 1.99. The molecule has 168 valence electrons. The molecular formula is C21H27ClN4O5. The smallest absolute Gasteiger partial charge is 0.330 e. The molecule has 31 heavy (non-hydrogen) atoms. The molecule has 0 aliphatic rings. The Labute approximate surface area is 187 Å². The molecule has 0 saturated carbocycles. The third kappa shape index (κ3) is 7.07. The lowest BCUT2D eigenvalue weighted by Crippen LogP contribution is -2.27. The quantitative estimate of drug-likeness (QED) is 0.322. The normalized spacial score (nSPS) is 10.9. The van der Waals surface area contributed by atoms with Gasteiger partial charge in [0.05, 0.1) is 6.61 Å². The summed E-state index contributed by atoms with van der Waals surface area (Å²) >= 11 is 0. The molecular weight excluding hydrogens is 424 g/mol. The number of carboxylic acids is 1. The van der Waals surface area contributed by atoms with Gasteiger partial charge in [-0.25, -0.2) is 4.79 Å². The number of hydrogen-bond acceptors (Lipinski definition) is 6. The summed E-state index contributed by atoms with van der Waals surface area (Å²) in [5.41, 5.74) is 6.99. The van der Waals surface area contributed by atoms with Gasteiger partial charge < -0.3 is 30.5 Å². The number of nitrogen functional groups attached to an aromatic ring is 1. The minimum atomic E-state index is -1.08. The number of carboxylic acid groups (broad SMARTS) is 1. The van der Waals surface area contributed by atoms with Crippen LogP contribution in [0.5, 0.6) is 11.5 Å². The average molecular weight is 451 g/mol. The van der Waals surface area contributed by atoms with Crippen LogP contribution in [-0.2, 0) is 9.59 Å². The minimum Gasteiger partial charge on any atom is -0.490 e. The fourth-order valence-electron chi connectivity index (χ4n) is 2.56. The zero-order chi connectivity index (χ0) is 22.3. The monoisotopic (exact) mass is 450 g/mol. The molecule has 9 nitrogen and oxygen atoms in total. The highest BCUT2D eigenvalue weighted by Gasteiger charge is 2.22. The number of aliphatic carboxylic acids is 1. The highest BCUT2D eigenvalue weighted by Crippen LogP contribution is 2.32. The van der Waals surface area contributed by atoms with E-state index in [1.807, 2.05) is 0 Å². The Morgan fingerprint density at radius 2 is 1.77 bits per heavy atom. The molecule has 0 saturated heterocycles. The highest BCUT2D eigenvalue weighted by molar-refractivity contribution is 5.95. The van der Waals surface area contributed by atoms with Crippen LogP contribution in [0.1, 0.15) is 24.1 Å². The number of rotatable bonds is 10. The second-order valence-corrected chi connectivity index (χ2v) is 6.62. The van der Waals surface area contributed by atoms with E-state index in [9.17, 15) is 14.7 Å². The highest BCUT2D eigenvalue weighted by atomic mass is 35.5. The van der Waals surface area contributed by atoms with Crippen molar-refractivity contribution in [2.75, 3.05) is 32.6 Å². The molecule has 10 heteroatoms. The fraction of sp³-hybridized carbons (Fsp3) is 0.286. The Morgan fingerprint density at radius 3 is 2.29 bits per heavy atom. The van der Waals surface area contributed by atoms with Crippen LogP contribution < -0.4 is 20.5 Å². The predicted octanol–water partition coefficient (Wildman–Crippen LogP) is 2.50. The lowest BCUT2D eigenvalue weighted by Gasteiger charge is -2.19. The first-order valence-electron chi connectivity index (χ1n) is 9.26. The Hall–Kier alpha value is -3.46. The van der Waals surface area contributed by atoms with Gasteiger partial charge in [0.25, 0.3) is 5.91 Å². The topological polar surface area (TPSA) is 138 Å². The molecule has 0 heterocycles. The van der Waals surface area contributed by atoms with Gasteiger partial charge >= 0.3 is 5.97 Å². The Balaban J connectivity index is 0.00000480. The molecule has 0 aliphatic heterocycles. The van der Waals surface area contributed by atoms with Crippen LogP contribution >= 0.6 is 12.4 Å². The van der Waals surface area contributed by atoms with Crippen molar-refractivity contribution in [1.29, 1.82) is 5.41 Å². The molecule has 0 spiro atoms. The van der Waals surface area contributed by atoms with Crippen molar-refractivity contribution < 1.29 is 24.2 Å². The summed E-state index contributed by atoms with van der Waals surface area (Å²) in [6.07, 6.45) is 0. The Kier molecular flexibility index (Phi) is 9.62. The van der Waals surface area contributed by atoms with Crippen molar-refractivity contribution in [2.45, 2.75) is 13.0 Å². The third-order valence-electron chi connectivity index (χ3n) is 4.20. The van der Waals surface area contributed by atoms with E-state index in [0.29, 0.717) is 34.9 Å². The summed E-state index contributed by atoms with van der Waals surface area (Å²) in [4.78, 5) is 25.1. The third-order valence-corrected chi connectivity index (χ3v) is 4.20. The lowest BCUT2D eigenvalue weighted by atomic mass is 10.1. The Bertz CT molecular complexity index is 918. The number of nitrogens with one attached hydrogen (secondary N) is 2. The summed E-state index contributed by atoms with van der Waals surface area (Å²) in [5, 5.41) is 20.1. The van der Waals surface area contributed by atoms with Crippen molar-refractivity contribution in [3.05, 3.63) is 53.6 Å². The lowest BCUT2D eigenvalue weighted by molar-refractivity contribution is -0.138. The molecule has 0 aliphatic carbocycles. The molecule has 2 aromatic rings. The maximum absolute atomic E-state index is 11.9. The van der Waals surface area contributed by atoms with Crippen molar-refractivity contribution >= 4 is 35.8 Å². The number of amides is 1. The van der Waals surface area contributed by atoms with Crippen LogP contribution in [0, 0.1) is 5.41 Å². The van der Waals surface area contributed by atoms with E-state index >= 15 is 0 Å². The number of amidine groups is 1. The van der Waals surface area contributed by atoms with Crippen molar-refractivity contribution in [3.63, 3.8) is 0 Å². The number of nitrogens with two attached hydrogens (primary N) is 1. The molecule has 1 unspecified atom stereocenters. The molecule has 0 fully saturated rings. The number of ether oxygens (including phenoxy) is 2. The molecule has 2 rings (SSSR count). The zero-order valence-corrected chi connectivity index (χ0v) is 18.4. The molecule has 0 bridgehead atoms. The maximum Gasteiger partial charge on any atom is 0.330 e. The molecule has 0 aromatic heterocycles. The molecule has 5 N–H and O–H groups in total. The number of benzene rings is 2. The standard InChI is InChI=1S/C21H26N4O5.ClH/c1-4-29-17-11-14(7-10-16(17)30-12-18(26)25(2)3)19(21(27)28)24-15-8-5-13(6-9-15)20(22)23;/h5-11,19,24H,4,12H2,1-3H3,(H3,22,23)(H,27,28);1H. The first-order chi connectivity index (χ1) is 14.2. The number of carbonyl (C=O) groups excluding carboxylic acids is 1. The fourth-order valence-corrected chi connectivity index (χ4v) is 2.56. The maximum atomic E-state index is 11.9. The van der Waals surface area contributed by atoms with E-state index in [1.54, 1.807) is 63.5 Å². The van der Waals surface area contributed by atoms with Gasteiger partial charge in [-0.15, -0.1) is 12.4 Å². The Morgan fingerprint density at radius 1 is 1.13 bits per heavy atom. The summed E-state index contributed by atoms with van der Waals surface area (Å²) in [5.74, 6) is -0.654. The van der Waals surface area contributed by atoms with Gasteiger partial charge in [0.2, 0.25) is 0 Å². The number of likely N-dealkylation sites (N-methyl/N-ethyl adjacent to an activating group) is 1. The number of carbonyl (C=O) groups is 2. The first kappa shape index (κ1) is 25.6. The van der Waals surface area contributed by atoms with Gasteiger partial charge in [-0.3, -0.25) is 10.2 Å². The van der Waals surface area contributed by atoms with Crippen LogP contribution in [0.4, 0.5) is 5.69 Å². The van der Waals surface area contributed by atoms with E-state index in [0.717, 1.165) is 0 Å². The molecule has 1 amide bonds. The summed E-state index contributed by atoms with van der Waals surface area (Å²) < 4.78 is 11.1. The molecule has 1 atom stereocenters. The van der Waals surface area contributed by atoms with Gasteiger partial charge in [-0.1, -0.05) is 6.07 Å². The van der Waals surface area contributed by atoms with Crippen molar-refractivity contribution in [2.24, 2.45) is 5.73 Å². The molecule has 0 radical (unpaired) electrons. The SMILES string of the molecule is CCOc1cc(C(Nc2ccc(C(=N)N)cc2)C(=O)O)ccc1OCC(=O)N(C)C.Cl. The van der Waals surface area contributed by atoms with E-state index in [2.05, 4.69) is 5.32 Å². The number of anilines is 1. The number of hydrogen-bond donors (Lipinski definition) is 4. The van der Waals surface area contributed by atoms with Crippen LogP contribution in [0.25, 0.3) is 0 Å². The van der Waals surface area contributed by atoms with Gasteiger partial charge in [0.15, 0.2) is 24.1 Å². The van der Waals surface area contributed by atoms with E-state index in [1.165, 1.54) is 4.90 Å². The second-order valence-electron chi connectivity index (χ2n) is 6.62. The van der Waals surface area contributed by atoms with Gasteiger partial charge in [-0.05, 0) is 48.9 Å². The van der Waals surface area contributed by atoms with Crippen LogP contribution in [0.2, 0.25) is 0 Å². The summed E-state index contributed by atoms with van der Waals surface area (Å²) in [6, 6.07) is 10.3. The number of nitrogens with zero attached hydrogens (tertiary/aromatic N) is 1. The van der Waals surface area contributed by atoms with Gasteiger partial charge in [-0.2, -0.15) is 0 Å².